The quantitative estimate of drug-likeness (QED) is 0.692. The van der Waals surface area contributed by atoms with Crippen molar-refractivity contribution in [1.82, 2.24) is 5.32 Å². The SMILES string of the molecule is CNCC1CCC(COC)S1. The molecule has 0 aromatic rings. The van der Waals surface area contributed by atoms with Crippen LogP contribution in [0.15, 0.2) is 0 Å². The van der Waals surface area contributed by atoms with E-state index < -0.39 is 0 Å². The minimum atomic E-state index is 0.748. The summed E-state index contributed by atoms with van der Waals surface area (Å²) in [4.78, 5) is 0. The fourth-order valence-electron chi connectivity index (χ4n) is 1.47. The summed E-state index contributed by atoms with van der Waals surface area (Å²) in [5.41, 5.74) is 0. The summed E-state index contributed by atoms with van der Waals surface area (Å²) >= 11 is 2.07. The number of ether oxygens (including phenoxy) is 1. The maximum Gasteiger partial charge on any atom is 0.0581 e. The van der Waals surface area contributed by atoms with Crippen molar-refractivity contribution in [3.8, 4) is 0 Å². The Morgan fingerprint density at radius 2 is 2.18 bits per heavy atom. The van der Waals surface area contributed by atoms with Gasteiger partial charge in [-0.25, -0.2) is 0 Å². The molecule has 2 nitrogen and oxygen atoms in total. The molecule has 11 heavy (non-hydrogen) atoms. The van der Waals surface area contributed by atoms with Gasteiger partial charge in [0.2, 0.25) is 0 Å². The van der Waals surface area contributed by atoms with E-state index in [1.54, 1.807) is 7.11 Å². The number of hydrogen-bond acceptors (Lipinski definition) is 3. The summed E-state index contributed by atoms with van der Waals surface area (Å²) in [6.07, 6.45) is 2.67. The van der Waals surface area contributed by atoms with Gasteiger partial charge >= 0.3 is 0 Å². The normalized spacial score (nSPS) is 31.1. The number of thioether (sulfide) groups is 1. The summed E-state index contributed by atoms with van der Waals surface area (Å²) in [6.45, 7) is 2.07. The van der Waals surface area contributed by atoms with Gasteiger partial charge in [0.25, 0.3) is 0 Å². The Hall–Kier alpha value is 0.270. The molecule has 0 amide bonds. The average molecular weight is 175 g/mol. The molecular formula is C8H17NOS. The Kier molecular flexibility index (Phi) is 4.26. The van der Waals surface area contributed by atoms with Crippen LogP contribution in [0, 0.1) is 0 Å². The lowest BCUT2D eigenvalue weighted by atomic mass is 10.2. The smallest absolute Gasteiger partial charge is 0.0581 e. The first-order valence-corrected chi connectivity index (χ1v) is 5.10. The number of hydrogen-bond donors (Lipinski definition) is 1. The van der Waals surface area contributed by atoms with E-state index in [0.717, 1.165) is 23.7 Å². The van der Waals surface area contributed by atoms with Crippen LogP contribution in [0.1, 0.15) is 12.8 Å². The second-order valence-electron chi connectivity index (χ2n) is 2.97. The monoisotopic (exact) mass is 175 g/mol. The number of nitrogens with one attached hydrogen (secondary N) is 1. The summed E-state index contributed by atoms with van der Waals surface area (Å²) in [6, 6.07) is 0. The fraction of sp³-hybridized carbons (Fsp3) is 1.00. The fourth-order valence-corrected chi connectivity index (χ4v) is 3.03. The molecule has 1 rings (SSSR count). The van der Waals surface area contributed by atoms with Crippen LogP contribution in [0.4, 0.5) is 0 Å². The van der Waals surface area contributed by atoms with Crippen LogP contribution in [0.2, 0.25) is 0 Å². The van der Waals surface area contributed by atoms with Gasteiger partial charge in [0.15, 0.2) is 0 Å². The Morgan fingerprint density at radius 1 is 1.45 bits per heavy atom. The van der Waals surface area contributed by atoms with Gasteiger partial charge in [-0.2, -0.15) is 11.8 Å². The number of methoxy groups -OCH3 is 1. The van der Waals surface area contributed by atoms with Crippen LogP contribution >= 0.6 is 11.8 Å². The largest absolute Gasteiger partial charge is 0.384 e. The highest BCUT2D eigenvalue weighted by atomic mass is 32.2. The van der Waals surface area contributed by atoms with Crippen molar-refractivity contribution in [2.24, 2.45) is 0 Å². The number of rotatable bonds is 4. The van der Waals surface area contributed by atoms with E-state index in [9.17, 15) is 0 Å². The Bertz CT molecular complexity index is 98.3. The van der Waals surface area contributed by atoms with Gasteiger partial charge < -0.3 is 10.1 Å². The maximum atomic E-state index is 5.11. The highest BCUT2D eigenvalue weighted by Gasteiger charge is 2.24. The molecule has 0 saturated carbocycles. The third-order valence-corrected chi connectivity index (χ3v) is 3.52. The predicted octanol–water partition coefficient (Wildman–Crippen LogP) is 1.12. The van der Waals surface area contributed by atoms with E-state index in [2.05, 4.69) is 17.1 Å². The molecule has 0 aromatic heterocycles. The molecule has 1 aliphatic rings. The van der Waals surface area contributed by atoms with Crippen molar-refractivity contribution in [2.45, 2.75) is 23.3 Å². The minimum Gasteiger partial charge on any atom is -0.384 e. The van der Waals surface area contributed by atoms with Crippen LogP contribution < -0.4 is 5.32 Å². The van der Waals surface area contributed by atoms with Crippen LogP contribution in [0.5, 0.6) is 0 Å². The van der Waals surface area contributed by atoms with E-state index in [0.29, 0.717) is 0 Å². The van der Waals surface area contributed by atoms with Crippen LogP contribution in [-0.2, 0) is 4.74 Å². The third-order valence-electron chi connectivity index (χ3n) is 1.98. The zero-order valence-corrected chi connectivity index (χ0v) is 8.12. The minimum absolute atomic E-state index is 0.748. The van der Waals surface area contributed by atoms with Gasteiger partial charge in [0.05, 0.1) is 6.61 Å². The van der Waals surface area contributed by atoms with Gasteiger partial charge in [-0.1, -0.05) is 0 Å². The topological polar surface area (TPSA) is 21.3 Å². The Labute approximate surface area is 73.1 Å². The van der Waals surface area contributed by atoms with Gasteiger partial charge in [-0.15, -0.1) is 0 Å². The van der Waals surface area contributed by atoms with Gasteiger partial charge in [-0.3, -0.25) is 0 Å². The molecule has 1 saturated heterocycles. The molecule has 1 fully saturated rings. The first-order valence-electron chi connectivity index (χ1n) is 4.15. The molecule has 3 heteroatoms. The molecule has 0 bridgehead atoms. The van der Waals surface area contributed by atoms with E-state index in [4.69, 9.17) is 4.74 Å². The van der Waals surface area contributed by atoms with Crippen molar-refractivity contribution in [1.29, 1.82) is 0 Å². The summed E-state index contributed by atoms with van der Waals surface area (Å²) in [5, 5.41) is 4.78. The van der Waals surface area contributed by atoms with Crippen molar-refractivity contribution >= 4 is 11.8 Å². The molecule has 66 valence electrons. The highest BCUT2D eigenvalue weighted by Crippen LogP contribution is 2.33. The molecule has 0 radical (unpaired) electrons. The third kappa shape index (κ3) is 3.01. The predicted molar refractivity (Wildman–Crippen MR) is 50.2 cm³/mol. The summed E-state index contributed by atoms with van der Waals surface area (Å²) in [7, 11) is 3.80. The molecule has 2 atom stereocenters. The van der Waals surface area contributed by atoms with Gasteiger partial charge in [0, 0.05) is 24.2 Å². The summed E-state index contributed by atoms with van der Waals surface area (Å²) in [5.74, 6) is 0. The molecule has 0 aromatic carbocycles. The molecule has 0 spiro atoms. The maximum absolute atomic E-state index is 5.11. The van der Waals surface area contributed by atoms with Gasteiger partial charge in [-0.05, 0) is 19.9 Å². The van der Waals surface area contributed by atoms with Gasteiger partial charge in [0.1, 0.15) is 0 Å². The Balaban J connectivity index is 2.12. The Morgan fingerprint density at radius 3 is 2.82 bits per heavy atom. The standard InChI is InChI=1S/C8H17NOS/c1-9-5-7-3-4-8(11-7)6-10-2/h7-9H,3-6H2,1-2H3. The highest BCUT2D eigenvalue weighted by molar-refractivity contribution is 8.00. The summed E-state index contributed by atoms with van der Waals surface area (Å²) < 4.78 is 5.11. The second kappa shape index (κ2) is 5.01. The average Bonchev–Trinajstić information content (AvgIpc) is 2.38. The zero-order chi connectivity index (χ0) is 8.10. The zero-order valence-electron chi connectivity index (χ0n) is 7.30. The van der Waals surface area contributed by atoms with Crippen molar-refractivity contribution in [3.63, 3.8) is 0 Å². The van der Waals surface area contributed by atoms with Crippen molar-refractivity contribution < 1.29 is 4.74 Å². The van der Waals surface area contributed by atoms with Crippen molar-refractivity contribution in [2.75, 3.05) is 27.3 Å². The molecule has 2 unspecified atom stereocenters. The first kappa shape index (κ1) is 9.36. The molecule has 0 aliphatic carbocycles. The lowest BCUT2D eigenvalue weighted by molar-refractivity contribution is 0.198. The van der Waals surface area contributed by atoms with E-state index in [1.807, 2.05) is 7.05 Å². The first-order chi connectivity index (χ1) is 5.36. The molecule has 1 aliphatic heterocycles. The van der Waals surface area contributed by atoms with Crippen LogP contribution in [0.3, 0.4) is 0 Å². The van der Waals surface area contributed by atoms with E-state index in [-0.39, 0.29) is 0 Å². The lowest BCUT2D eigenvalue weighted by Gasteiger charge is -2.09. The molecule has 1 N–H and O–H groups in total. The van der Waals surface area contributed by atoms with Crippen LogP contribution in [-0.4, -0.2) is 37.8 Å². The van der Waals surface area contributed by atoms with Crippen LogP contribution in [0.25, 0.3) is 0 Å². The van der Waals surface area contributed by atoms with E-state index in [1.165, 1.54) is 12.8 Å². The second-order valence-corrected chi connectivity index (χ2v) is 4.58. The van der Waals surface area contributed by atoms with E-state index >= 15 is 0 Å². The molecular weight excluding hydrogens is 158 g/mol. The lowest BCUT2D eigenvalue weighted by Crippen LogP contribution is -2.18. The molecule has 1 heterocycles. The van der Waals surface area contributed by atoms with Crippen molar-refractivity contribution in [3.05, 3.63) is 0 Å².